The summed E-state index contributed by atoms with van der Waals surface area (Å²) in [6.45, 7) is 5.17. The Bertz CT molecular complexity index is 822. The van der Waals surface area contributed by atoms with Crippen molar-refractivity contribution < 1.29 is 18.8 Å². The molecule has 1 aliphatic heterocycles. The van der Waals surface area contributed by atoms with Crippen molar-refractivity contribution in [2.45, 2.75) is 26.3 Å². The molecule has 1 fully saturated rings. The van der Waals surface area contributed by atoms with E-state index in [0.717, 1.165) is 26.1 Å². The summed E-state index contributed by atoms with van der Waals surface area (Å²) in [5.74, 6) is 1.25. The van der Waals surface area contributed by atoms with Gasteiger partial charge in [-0.05, 0) is 18.6 Å². The van der Waals surface area contributed by atoms with Crippen molar-refractivity contribution in [3.63, 3.8) is 0 Å². The van der Waals surface area contributed by atoms with Gasteiger partial charge in [-0.3, -0.25) is 14.5 Å². The van der Waals surface area contributed by atoms with Crippen molar-refractivity contribution in [3.05, 3.63) is 36.0 Å². The molecule has 1 aliphatic rings. The Labute approximate surface area is 163 Å². The van der Waals surface area contributed by atoms with E-state index in [9.17, 15) is 9.59 Å². The third-order valence-corrected chi connectivity index (χ3v) is 4.60. The molecule has 0 unspecified atom stereocenters. The maximum atomic E-state index is 12.3. The van der Waals surface area contributed by atoms with Gasteiger partial charge < -0.3 is 19.5 Å². The van der Waals surface area contributed by atoms with Crippen LogP contribution in [0.4, 0.5) is 5.69 Å². The molecule has 9 heteroatoms. The van der Waals surface area contributed by atoms with Crippen molar-refractivity contribution in [2.24, 2.45) is 0 Å². The van der Waals surface area contributed by atoms with Gasteiger partial charge in [-0.25, -0.2) is 0 Å². The van der Waals surface area contributed by atoms with Crippen LogP contribution in [0.3, 0.4) is 0 Å². The maximum absolute atomic E-state index is 12.3. The van der Waals surface area contributed by atoms with E-state index in [2.05, 4.69) is 20.4 Å². The molecule has 3 rings (SSSR count). The summed E-state index contributed by atoms with van der Waals surface area (Å²) in [5.41, 5.74) is 0.596. The summed E-state index contributed by atoms with van der Waals surface area (Å²) in [7, 11) is 1.55. The van der Waals surface area contributed by atoms with Crippen LogP contribution in [0.15, 0.2) is 28.8 Å². The minimum Gasteiger partial charge on any atom is -0.495 e. The van der Waals surface area contributed by atoms with Gasteiger partial charge in [-0.2, -0.15) is 4.98 Å². The minimum absolute atomic E-state index is 0.0136. The van der Waals surface area contributed by atoms with Gasteiger partial charge in [0.15, 0.2) is 5.82 Å². The summed E-state index contributed by atoms with van der Waals surface area (Å²) in [5, 5.41) is 6.69. The molecule has 1 N–H and O–H groups in total. The van der Waals surface area contributed by atoms with Crippen molar-refractivity contribution in [2.75, 3.05) is 38.6 Å². The van der Waals surface area contributed by atoms with E-state index >= 15 is 0 Å². The van der Waals surface area contributed by atoms with E-state index in [0.29, 0.717) is 36.2 Å². The van der Waals surface area contributed by atoms with Crippen LogP contribution in [0.25, 0.3) is 0 Å². The number of methoxy groups -OCH3 is 1. The molecule has 1 aromatic heterocycles. The first-order chi connectivity index (χ1) is 13.5. The normalized spacial score (nSPS) is 15.1. The lowest BCUT2D eigenvalue weighted by atomic mass is 10.2. The van der Waals surface area contributed by atoms with Crippen molar-refractivity contribution in [3.8, 4) is 5.75 Å². The quantitative estimate of drug-likeness (QED) is 0.797. The fourth-order valence-electron chi connectivity index (χ4n) is 3.15. The summed E-state index contributed by atoms with van der Waals surface area (Å²) in [6.07, 6.45) is 0.918. The Balaban J connectivity index is 1.52. The number of nitrogens with zero attached hydrogens (tertiary/aromatic N) is 4. The van der Waals surface area contributed by atoms with Crippen LogP contribution < -0.4 is 10.1 Å². The molecule has 1 saturated heterocycles. The third-order valence-electron chi connectivity index (χ3n) is 4.60. The van der Waals surface area contributed by atoms with Gasteiger partial charge >= 0.3 is 0 Å². The van der Waals surface area contributed by atoms with E-state index in [4.69, 9.17) is 9.26 Å². The molecule has 0 bridgehead atoms. The lowest BCUT2D eigenvalue weighted by Crippen LogP contribution is -2.33. The van der Waals surface area contributed by atoms with E-state index in [1.807, 2.05) is 17.0 Å². The second-order valence-electron chi connectivity index (χ2n) is 6.67. The molecular formula is C19H25N5O4. The Kier molecular flexibility index (Phi) is 6.59. The molecule has 2 amide bonds. The zero-order valence-electron chi connectivity index (χ0n) is 16.2. The SMILES string of the molecule is COc1ccccc1NC(=O)Cc1noc(CN2CCCN(C(C)=O)CC2)n1. The second-order valence-corrected chi connectivity index (χ2v) is 6.67. The van der Waals surface area contributed by atoms with Crippen LogP contribution >= 0.6 is 0 Å². The topological polar surface area (TPSA) is 101 Å². The van der Waals surface area contributed by atoms with E-state index < -0.39 is 0 Å². The molecule has 0 radical (unpaired) electrons. The number of hydrogen-bond acceptors (Lipinski definition) is 7. The van der Waals surface area contributed by atoms with E-state index in [-0.39, 0.29) is 18.2 Å². The van der Waals surface area contributed by atoms with Crippen molar-refractivity contribution in [1.82, 2.24) is 19.9 Å². The Morgan fingerprint density at radius 2 is 2.04 bits per heavy atom. The van der Waals surface area contributed by atoms with Gasteiger partial charge in [0.05, 0.1) is 25.8 Å². The van der Waals surface area contributed by atoms with Crippen molar-refractivity contribution >= 4 is 17.5 Å². The molecule has 0 spiro atoms. The maximum Gasteiger partial charge on any atom is 0.240 e. The van der Waals surface area contributed by atoms with Gasteiger partial charge in [0.2, 0.25) is 17.7 Å². The minimum atomic E-state index is -0.247. The molecule has 0 aliphatic carbocycles. The fraction of sp³-hybridized carbons (Fsp3) is 0.474. The van der Waals surface area contributed by atoms with Crippen LogP contribution in [0.5, 0.6) is 5.75 Å². The largest absolute Gasteiger partial charge is 0.495 e. The lowest BCUT2D eigenvalue weighted by Gasteiger charge is -2.19. The summed E-state index contributed by atoms with van der Waals surface area (Å²) >= 11 is 0. The molecule has 2 aromatic rings. The Morgan fingerprint density at radius 3 is 2.82 bits per heavy atom. The first-order valence-corrected chi connectivity index (χ1v) is 9.27. The predicted octanol–water partition coefficient (Wildman–Crippen LogP) is 1.31. The molecular weight excluding hydrogens is 362 g/mol. The highest BCUT2D eigenvalue weighted by Crippen LogP contribution is 2.23. The number of hydrogen-bond donors (Lipinski definition) is 1. The monoisotopic (exact) mass is 387 g/mol. The van der Waals surface area contributed by atoms with Crippen LogP contribution in [0.2, 0.25) is 0 Å². The highest BCUT2D eigenvalue weighted by Gasteiger charge is 2.19. The van der Waals surface area contributed by atoms with Gasteiger partial charge in [0.25, 0.3) is 0 Å². The first kappa shape index (κ1) is 19.8. The Morgan fingerprint density at radius 1 is 1.21 bits per heavy atom. The zero-order valence-corrected chi connectivity index (χ0v) is 16.2. The number of rotatable bonds is 6. The van der Waals surface area contributed by atoms with Gasteiger partial charge in [0.1, 0.15) is 5.75 Å². The fourth-order valence-corrected chi connectivity index (χ4v) is 3.15. The number of amides is 2. The summed E-state index contributed by atoms with van der Waals surface area (Å²) in [6, 6.07) is 7.19. The van der Waals surface area contributed by atoms with Gasteiger partial charge in [-0.15, -0.1) is 0 Å². The molecule has 0 atom stereocenters. The van der Waals surface area contributed by atoms with Crippen LogP contribution in [0.1, 0.15) is 25.1 Å². The lowest BCUT2D eigenvalue weighted by molar-refractivity contribution is -0.128. The highest BCUT2D eigenvalue weighted by molar-refractivity contribution is 5.93. The molecule has 2 heterocycles. The second kappa shape index (κ2) is 9.32. The number of carbonyl (C=O) groups excluding carboxylic acids is 2. The number of nitrogens with one attached hydrogen (secondary N) is 1. The van der Waals surface area contributed by atoms with E-state index in [1.165, 1.54) is 0 Å². The van der Waals surface area contributed by atoms with Crippen LogP contribution in [-0.2, 0) is 22.6 Å². The third kappa shape index (κ3) is 5.29. The number of para-hydroxylation sites is 2. The van der Waals surface area contributed by atoms with Gasteiger partial charge in [0, 0.05) is 33.1 Å². The van der Waals surface area contributed by atoms with E-state index in [1.54, 1.807) is 26.2 Å². The smallest absolute Gasteiger partial charge is 0.240 e. The average molecular weight is 387 g/mol. The predicted molar refractivity (Wildman–Crippen MR) is 102 cm³/mol. The number of ether oxygens (including phenoxy) is 1. The molecule has 150 valence electrons. The molecule has 9 nitrogen and oxygen atoms in total. The number of carbonyl (C=O) groups is 2. The summed E-state index contributed by atoms with van der Waals surface area (Å²) in [4.78, 5) is 32.1. The zero-order chi connectivity index (χ0) is 19.9. The number of benzene rings is 1. The molecule has 0 saturated carbocycles. The Hall–Kier alpha value is -2.94. The summed E-state index contributed by atoms with van der Waals surface area (Å²) < 4.78 is 10.5. The van der Waals surface area contributed by atoms with Crippen molar-refractivity contribution in [1.29, 1.82) is 0 Å². The molecule has 1 aromatic carbocycles. The van der Waals surface area contributed by atoms with Crippen LogP contribution in [0, 0.1) is 0 Å². The molecule has 28 heavy (non-hydrogen) atoms. The van der Waals surface area contributed by atoms with Crippen LogP contribution in [-0.4, -0.2) is 65.0 Å². The number of aromatic nitrogens is 2. The van der Waals surface area contributed by atoms with Gasteiger partial charge in [-0.1, -0.05) is 17.3 Å². The average Bonchev–Trinajstić information content (AvgIpc) is 2.96. The highest BCUT2D eigenvalue weighted by atomic mass is 16.5. The standard InChI is InChI=1S/C19H25N5O4/c1-14(25)24-9-5-8-23(10-11-24)13-19-21-17(22-28-19)12-18(26)20-15-6-3-4-7-16(15)27-2/h3-4,6-7H,5,8-13H2,1-2H3,(H,20,26). The first-order valence-electron chi connectivity index (χ1n) is 9.27. The number of anilines is 1.